The van der Waals surface area contributed by atoms with Gasteiger partial charge < -0.3 is 11.1 Å². The van der Waals surface area contributed by atoms with Gasteiger partial charge in [0, 0.05) is 11.3 Å². The van der Waals surface area contributed by atoms with E-state index in [-0.39, 0.29) is 31.1 Å². The Morgan fingerprint density at radius 1 is 0.970 bits per heavy atom. The largest absolute Gasteiger partial charge is 0.396 e. The minimum absolute atomic E-state index is 0.0741. The zero-order valence-electron chi connectivity index (χ0n) is 17.7. The Balaban J connectivity index is 1.86. The fourth-order valence-electron chi connectivity index (χ4n) is 3.35. The van der Waals surface area contributed by atoms with Crippen LogP contribution in [0.5, 0.6) is 0 Å². The molecule has 0 unspecified atom stereocenters. The van der Waals surface area contributed by atoms with Gasteiger partial charge in [-0.1, -0.05) is 49.4 Å². The van der Waals surface area contributed by atoms with Crippen LogP contribution in [0.4, 0.5) is 20.8 Å². The molecule has 0 saturated carbocycles. The second kappa shape index (κ2) is 9.17. The molecule has 5 nitrogen and oxygen atoms in total. The van der Waals surface area contributed by atoms with Crippen molar-refractivity contribution in [2.75, 3.05) is 11.1 Å². The first-order chi connectivity index (χ1) is 15.8. The van der Waals surface area contributed by atoms with E-state index in [2.05, 4.69) is 5.32 Å². The first-order valence-corrected chi connectivity index (χ1v) is 12.5. The number of rotatable bonds is 7. The van der Waals surface area contributed by atoms with Crippen molar-refractivity contribution in [2.24, 2.45) is 0 Å². The molecule has 0 spiro atoms. The van der Waals surface area contributed by atoms with E-state index in [1.807, 2.05) is 6.92 Å². The van der Waals surface area contributed by atoms with Crippen LogP contribution in [0.25, 0.3) is 0 Å². The minimum atomic E-state index is -4.05. The zero-order valence-corrected chi connectivity index (χ0v) is 19.3. The van der Waals surface area contributed by atoms with Gasteiger partial charge in [0.25, 0.3) is 0 Å². The molecule has 3 aromatic carbocycles. The minimum Gasteiger partial charge on any atom is -0.396 e. The van der Waals surface area contributed by atoms with Gasteiger partial charge in [-0.3, -0.25) is 4.79 Å². The topological polar surface area (TPSA) is 89.3 Å². The summed E-state index contributed by atoms with van der Waals surface area (Å²) < 4.78 is 40.6. The molecule has 0 aliphatic carbocycles. The molecule has 0 fully saturated rings. The van der Waals surface area contributed by atoms with E-state index in [9.17, 15) is 17.6 Å². The number of halogens is 1. The number of nitrogen functional groups attached to an aromatic ring is 1. The molecule has 33 heavy (non-hydrogen) atoms. The fraction of sp³-hybridized carbons (Fsp3) is 0.0800. The number of carbonyl (C=O) groups excluding carboxylic acids is 1. The number of sulfone groups is 1. The van der Waals surface area contributed by atoms with Crippen molar-refractivity contribution < 1.29 is 17.6 Å². The highest BCUT2D eigenvalue weighted by Crippen LogP contribution is 2.44. The molecule has 0 aliphatic heterocycles. The number of benzene rings is 3. The van der Waals surface area contributed by atoms with Gasteiger partial charge in [0.2, 0.25) is 15.6 Å². The summed E-state index contributed by atoms with van der Waals surface area (Å²) >= 11 is 0.959. The van der Waals surface area contributed by atoms with Crippen LogP contribution in [0.2, 0.25) is 0 Å². The molecule has 8 heteroatoms. The van der Waals surface area contributed by atoms with Crippen LogP contribution in [-0.4, -0.2) is 14.2 Å². The molecule has 0 aliphatic rings. The van der Waals surface area contributed by atoms with Crippen molar-refractivity contribution in [2.45, 2.75) is 23.1 Å². The quantitative estimate of drug-likeness (QED) is 0.325. The number of ketones is 1. The Hall–Kier alpha value is -3.49. The van der Waals surface area contributed by atoms with Crippen LogP contribution in [0.15, 0.2) is 88.7 Å². The third kappa shape index (κ3) is 4.53. The number of carbonyl (C=O) groups is 1. The number of anilines is 3. The third-order valence-electron chi connectivity index (χ3n) is 5.15. The summed E-state index contributed by atoms with van der Waals surface area (Å²) in [5.41, 5.74) is 8.06. The van der Waals surface area contributed by atoms with E-state index in [0.29, 0.717) is 11.3 Å². The van der Waals surface area contributed by atoms with Gasteiger partial charge >= 0.3 is 0 Å². The molecule has 3 N–H and O–H groups in total. The summed E-state index contributed by atoms with van der Waals surface area (Å²) in [7, 11) is -4.05. The number of hydrogen-bond donors (Lipinski definition) is 2. The van der Waals surface area contributed by atoms with Gasteiger partial charge in [-0.05, 0) is 48.4 Å². The van der Waals surface area contributed by atoms with Crippen molar-refractivity contribution in [3.63, 3.8) is 0 Å². The summed E-state index contributed by atoms with van der Waals surface area (Å²) in [4.78, 5) is 13.2. The lowest BCUT2D eigenvalue weighted by Gasteiger charge is -2.10. The van der Waals surface area contributed by atoms with Crippen molar-refractivity contribution in [1.82, 2.24) is 0 Å². The molecule has 0 bridgehead atoms. The molecule has 1 heterocycles. The van der Waals surface area contributed by atoms with Gasteiger partial charge in [-0.2, -0.15) is 0 Å². The first kappa shape index (κ1) is 22.7. The lowest BCUT2D eigenvalue weighted by Crippen LogP contribution is -2.08. The predicted molar refractivity (Wildman–Crippen MR) is 130 cm³/mol. The molecular formula is C25H21FN2O3S2. The van der Waals surface area contributed by atoms with Gasteiger partial charge in [0.15, 0.2) is 0 Å². The standard InChI is InChI=1S/C25H21FN2O3S2/c1-2-16-8-14-20(15-9-16)33(30,31)24-21(27)23(22(29)17-6-4-3-5-7-17)32-25(24)28-19-12-10-18(26)11-13-19/h3-15,28H,2,27H2,1H3. The van der Waals surface area contributed by atoms with Gasteiger partial charge in [-0.25, -0.2) is 12.8 Å². The lowest BCUT2D eigenvalue weighted by molar-refractivity contribution is 0.104. The Kier molecular flexibility index (Phi) is 6.31. The number of aryl methyl sites for hydroxylation is 1. The molecule has 0 radical (unpaired) electrons. The van der Waals surface area contributed by atoms with Crippen molar-refractivity contribution in [3.05, 3.63) is 101 Å². The van der Waals surface area contributed by atoms with Crippen molar-refractivity contribution in [3.8, 4) is 0 Å². The van der Waals surface area contributed by atoms with Gasteiger partial charge in [0.1, 0.15) is 20.6 Å². The molecule has 1 aromatic heterocycles. The SMILES string of the molecule is CCc1ccc(S(=O)(=O)c2c(Nc3ccc(F)cc3)sc(C(=O)c3ccccc3)c2N)cc1. The smallest absolute Gasteiger partial charge is 0.211 e. The number of thiophene rings is 1. The van der Waals surface area contributed by atoms with E-state index < -0.39 is 15.7 Å². The summed E-state index contributed by atoms with van der Waals surface area (Å²) in [5.74, 6) is -0.793. The Morgan fingerprint density at radius 2 is 1.61 bits per heavy atom. The van der Waals surface area contributed by atoms with Crippen LogP contribution >= 0.6 is 11.3 Å². The maximum atomic E-state index is 13.6. The monoisotopic (exact) mass is 480 g/mol. The highest BCUT2D eigenvalue weighted by Gasteiger charge is 2.31. The van der Waals surface area contributed by atoms with Crippen LogP contribution in [0.3, 0.4) is 0 Å². The Bertz CT molecular complexity index is 1400. The van der Waals surface area contributed by atoms with Crippen LogP contribution in [0, 0.1) is 5.82 Å². The Labute approximate surface area is 195 Å². The summed E-state index contributed by atoms with van der Waals surface area (Å²) in [6.45, 7) is 1.98. The summed E-state index contributed by atoms with van der Waals surface area (Å²) in [6, 6.07) is 20.6. The van der Waals surface area contributed by atoms with E-state index in [1.165, 1.54) is 36.4 Å². The molecule has 0 atom stereocenters. The van der Waals surface area contributed by atoms with E-state index >= 15 is 0 Å². The third-order valence-corrected chi connectivity index (χ3v) is 8.26. The second-order valence-electron chi connectivity index (χ2n) is 7.33. The molecule has 0 amide bonds. The highest BCUT2D eigenvalue weighted by atomic mass is 32.2. The lowest BCUT2D eigenvalue weighted by atomic mass is 10.1. The van der Waals surface area contributed by atoms with Crippen LogP contribution < -0.4 is 11.1 Å². The van der Waals surface area contributed by atoms with Crippen molar-refractivity contribution >= 4 is 43.3 Å². The number of nitrogens with two attached hydrogens (primary N) is 1. The van der Waals surface area contributed by atoms with Crippen molar-refractivity contribution in [1.29, 1.82) is 0 Å². The highest BCUT2D eigenvalue weighted by molar-refractivity contribution is 7.92. The van der Waals surface area contributed by atoms with E-state index in [0.717, 1.165) is 23.3 Å². The summed E-state index contributed by atoms with van der Waals surface area (Å²) in [5, 5.41) is 3.20. The fourth-order valence-corrected chi connectivity index (χ4v) is 6.29. The predicted octanol–water partition coefficient (Wildman–Crippen LogP) is 5.84. The second-order valence-corrected chi connectivity index (χ2v) is 10.2. The van der Waals surface area contributed by atoms with E-state index in [4.69, 9.17) is 5.73 Å². The normalized spacial score (nSPS) is 11.3. The van der Waals surface area contributed by atoms with Crippen LogP contribution in [0.1, 0.15) is 27.7 Å². The van der Waals surface area contributed by atoms with Gasteiger partial charge in [0.05, 0.1) is 10.6 Å². The maximum Gasteiger partial charge on any atom is 0.211 e. The molecule has 168 valence electrons. The number of hydrogen-bond acceptors (Lipinski definition) is 6. The summed E-state index contributed by atoms with van der Waals surface area (Å²) in [6.07, 6.45) is 0.772. The molecule has 4 aromatic rings. The van der Waals surface area contributed by atoms with E-state index in [1.54, 1.807) is 42.5 Å². The number of nitrogens with one attached hydrogen (secondary N) is 1. The molecular weight excluding hydrogens is 459 g/mol. The van der Waals surface area contributed by atoms with Crippen LogP contribution in [-0.2, 0) is 16.3 Å². The maximum absolute atomic E-state index is 13.6. The first-order valence-electron chi connectivity index (χ1n) is 10.2. The average Bonchev–Trinajstić information content (AvgIpc) is 3.16. The van der Waals surface area contributed by atoms with Gasteiger partial charge in [-0.15, -0.1) is 11.3 Å². The Morgan fingerprint density at radius 3 is 2.21 bits per heavy atom. The average molecular weight is 481 g/mol. The molecule has 0 saturated heterocycles. The molecule has 4 rings (SSSR count). The zero-order chi connectivity index (χ0) is 23.6.